The summed E-state index contributed by atoms with van der Waals surface area (Å²) in [5.41, 5.74) is 6.95. The summed E-state index contributed by atoms with van der Waals surface area (Å²) in [5.74, 6) is 0. The van der Waals surface area contributed by atoms with E-state index in [4.69, 9.17) is 10.3 Å². The Morgan fingerprint density at radius 1 is 0.543 bits per heavy atom. The molecule has 0 saturated carbocycles. The Balaban J connectivity index is 1.76. The summed E-state index contributed by atoms with van der Waals surface area (Å²) in [6, 6.07) is 16.6. The van der Waals surface area contributed by atoms with Gasteiger partial charge in [-0.1, -0.05) is 48.5 Å². The van der Waals surface area contributed by atoms with Crippen LogP contribution < -0.4 is 5.32 Å². The monoisotopic (exact) mass is 622 g/mol. The summed E-state index contributed by atoms with van der Waals surface area (Å²) in [5, 5.41) is 5.56. The molecule has 46 heavy (non-hydrogen) atoms. The van der Waals surface area contributed by atoms with Crippen molar-refractivity contribution in [1.29, 1.82) is 0 Å². The molecule has 1 atom stereocenters. The first-order chi connectivity index (χ1) is 22.0. The molecule has 3 aromatic heterocycles. The molecule has 0 aliphatic carbocycles. The van der Waals surface area contributed by atoms with E-state index in [1.54, 1.807) is 0 Å². The fourth-order valence-corrected chi connectivity index (χ4v) is 8.80. The highest BCUT2D eigenvalue weighted by molar-refractivity contribution is 5.58. The molecule has 5 nitrogen and oxygen atoms in total. The molecule has 3 aromatic rings. The van der Waals surface area contributed by atoms with Crippen LogP contribution in [0.15, 0.2) is 41.4 Å². The van der Waals surface area contributed by atoms with Crippen LogP contribution in [0.2, 0.25) is 0 Å². The maximum atomic E-state index is 5.56. The number of hydrogen-bond donors (Lipinski definition) is 3. The molecule has 2 aliphatic heterocycles. The van der Waals surface area contributed by atoms with Crippen molar-refractivity contribution in [2.24, 2.45) is 4.99 Å². The first kappa shape index (κ1) is 34.8. The standard InChI is InChI=1S/C41H60N5/c1-11-38(12-2)29-19-21-31(43-29)39(13-3,14-4)33-23-25-35(45-33)41(17-7,27-18-28-42-37(8,9)10)36-26-24-34(46-36)40(15-5,16-6)32-22-20-30(38)44-32/h19-26,28,43,45-46H,11-18,27H2,1-10H3. The smallest absolute Gasteiger partial charge is 0.0719 e. The van der Waals surface area contributed by atoms with E-state index in [2.05, 4.69) is 140 Å². The van der Waals surface area contributed by atoms with Gasteiger partial charge in [0.15, 0.2) is 0 Å². The van der Waals surface area contributed by atoms with Gasteiger partial charge in [-0.25, -0.2) is 5.32 Å². The Bertz CT molecular complexity index is 1450. The van der Waals surface area contributed by atoms with Crippen molar-refractivity contribution in [2.75, 3.05) is 0 Å². The lowest BCUT2D eigenvalue weighted by Crippen LogP contribution is -2.41. The normalized spacial score (nSPS) is 23.0. The summed E-state index contributed by atoms with van der Waals surface area (Å²) < 4.78 is 0. The number of aliphatic imine (C=N–C) groups is 1. The van der Waals surface area contributed by atoms with E-state index in [0.29, 0.717) is 0 Å². The van der Waals surface area contributed by atoms with Gasteiger partial charge in [-0.3, -0.25) is 4.99 Å². The average Bonchev–Trinajstić information content (AvgIpc) is 3.88. The zero-order valence-corrected chi connectivity index (χ0v) is 30.5. The van der Waals surface area contributed by atoms with Crippen molar-refractivity contribution in [2.45, 2.75) is 154 Å². The fraction of sp³-hybridized carbons (Fsp3) is 0.585. The maximum Gasteiger partial charge on any atom is 0.0719 e. The lowest BCUT2D eigenvalue weighted by Gasteiger charge is -2.40. The van der Waals surface area contributed by atoms with Gasteiger partial charge in [0.2, 0.25) is 0 Å². The lowest BCUT2D eigenvalue weighted by molar-refractivity contribution is 0.343. The minimum atomic E-state index is -0.205. The van der Waals surface area contributed by atoms with Gasteiger partial charge >= 0.3 is 0 Å². The zero-order valence-electron chi connectivity index (χ0n) is 30.5. The molecule has 1 saturated heterocycles. The van der Waals surface area contributed by atoms with Gasteiger partial charge in [0, 0.05) is 50.4 Å². The molecule has 0 amide bonds. The van der Waals surface area contributed by atoms with Crippen LogP contribution in [-0.4, -0.2) is 26.7 Å². The number of nitrogens with one attached hydrogen (secondary N) is 3. The van der Waals surface area contributed by atoms with Crippen LogP contribution in [0, 0.1) is 24.9 Å². The van der Waals surface area contributed by atoms with Gasteiger partial charge in [-0.05, 0) is 134 Å². The third kappa shape index (κ3) is 5.47. The Morgan fingerprint density at radius 2 is 0.870 bits per heavy atom. The highest BCUT2D eigenvalue weighted by Gasteiger charge is 2.52. The summed E-state index contributed by atoms with van der Waals surface area (Å²) in [6.07, 6.45) is 15.6. The number of fused-ring (bicyclic) bond motifs is 8. The molecule has 3 N–H and O–H groups in total. The molecule has 5 heteroatoms. The average molecular weight is 623 g/mol. The second kappa shape index (κ2) is 13.2. The number of rotatable bonds is 10. The topological polar surface area (TPSA) is 73.8 Å². The van der Waals surface area contributed by atoms with E-state index < -0.39 is 0 Å². The summed E-state index contributed by atoms with van der Waals surface area (Å²) in [7, 11) is 0. The molecule has 8 bridgehead atoms. The van der Waals surface area contributed by atoms with Gasteiger partial charge in [-0.2, -0.15) is 0 Å². The van der Waals surface area contributed by atoms with Crippen LogP contribution in [0.25, 0.3) is 0 Å². The molecule has 5 radical (unpaired) electrons. The van der Waals surface area contributed by atoms with E-state index in [1.807, 2.05) is 0 Å². The maximum absolute atomic E-state index is 5.56. The largest absolute Gasteiger partial charge is 0.361 e. The fourth-order valence-electron chi connectivity index (χ4n) is 8.80. The number of aromatic amines is 3. The summed E-state index contributed by atoms with van der Waals surface area (Å²) >= 11 is 0. The van der Waals surface area contributed by atoms with E-state index in [-0.39, 0.29) is 27.2 Å². The molecule has 5 rings (SSSR count). The van der Waals surface area contributed by atoms with Crippen molar-refractivity contribution in [3.05, 3.63) is 95.5 Å². The van der Waals surface area contributed by atoms with Gasteiger partial charge in [-0.15, -0.1) is 0 Å². The highest BCUT2D eigenvalue weighted by Crippen LogP contribution is 2.53. The Hall–Kier alpha value is -2.53. The molecule has 249 valence electrons. The summed E-state index contributed by atoms with van der Waals surface area (Å²) in [6.45, 7) is 22.8. The van der Waals surface area contributed by atoms with E-state index in [0.717, 1.165) is 57.8 Å². The van der Waals surface area contributed by atoms with Crippen molar-refractivity contribution in [3.8, 4) is 0 Å². The van der Waals surface area contributed by atoms with E-state index >= 15 is 0 Å². The van der Waals surface area contributed by atoms with Crippen molar-refractivity contribution in [3.63, 3.8) is 0 Å². The van der Waals surface area contributed by atoms with E-state index in [9.17, 15) is 0 Å². The van der Waals surface area contributed by atoms with Gasteiger partial charge < -0.3 is 15.0 Å². The SMILES string of the molecule is CCC1(CC)[C]2[CH][CH][C]([N]2)C(CC)(CC)c2ccc([nH]2)C(CC)(CCC=NC(C)(C)C)c2ccc([nH]2)C(CC)(CC)c2ccc1[nH]2. The molecule has 5 heterocycles. The molecular weight excluding hydrogens is 562 g/mol. The van der Waals surface area contributed by atoms with Crippen LogP contribution in [0.1, 0.15) is 161 Å². The Labute approximate surface area is 280 Å². The third-order valence-electron chi connectivity index (χ3n) is 12.2. The van der Waals surface area contributed by atoms with Crippen LogP contribution >= 0.6 is 0 Å². The van der Waals surface area contributed by atoms with Crippen molar-refractivity contribution in [1.82, 2.24) is 20.3 Å². The Kier molecular flexibility index (Phi) is 9.96. The lowest BCUT2D eigenvalue weighted by atomic mass is 9.72. The number of hydrogen-bond acceptors (Lipinski definition) is 1. The predicted molar refractivity (Wildman–Crippen MR) is 194 cm³/mol. The zero-order chi connectivity index (χ0) is 33.4. The number of H-pyrrole nitrogens is 3. The first-order valence-corrected chi connectivity index (χ1v) is 18.3. The molecule has 2 aliphatic rings. The van der Waals surface area contributed by atoms with Crippen LogP contribution in [-0.2, 0) is 21.7 Å². The molecular formula is C41H60N5. The molecule has 0 aromatic carbocycles. The first-order valence-electron chi connectivity index (χ1n) is 18.3. The molecule has 1 unspecified atom stereocenters. The second-order valence-electron chi connectivity index (χ2n) is 14.9. The van der Waals surface area contributed by atoms with Gasteiger partial charge in [0.05, 0.1) is 23.0 Å². The Morgan fingerprint density at radius 3 is 1.20 bits per heavy atom. The van der Waals surface area contributed by atoms with Crippen LogP contribution in [0.3, 0.4) is 0 Å². The predicted octanol–water partition coefficient (Wildman–Crippen LogP) is 10.3. The van der Waals surface area contributed by atoms with Crippen molar-refractivity contribution >= 4 is 6.21 Å². The van der Waals surface area contributed by atoms with Gasteiger partial charge in [0.25, 0.3) is 0 Å². The van der Waals surface area contributed by atoms with E-state index in [1.165, 1.54) is 46.2 Å². The second-order valence-corrected chi connectivity index (χ2v) is 14.9. The van der Waals surface area contributed by atoms with Crippen LogP contribution in [0.5, 0.6) is 0 Å². The summed E-state index contributed by atoms with van der Waals surface area (Å²) in [4.78, 5) is 17.1. The quantitative estimate of drug-likeness (QED) is 0.188. The number of nitrogens with zero attached hydrogens (tertiary/aromatic N) is 2. The van der Waals surface area contributed by atoms with Gasteiger partial charge in [0.1, 0.15) is 0 Å². The minimum Gasteiger partial charge on any atom is -0.361 e. The molecule has 0 spiro atoms. The van der Waals surface area contributed by atoms with Crippen molar-refractivity contribution < 1.29 is 0 Å². The highest BCUT2D eigenvalue weighted by atomic mass is 15.0. The number of aromatic nitrogens is 3. The molecule has 1 fully saturated rings. The minimum absolute atomic E-state index is 0.0732. The third-order valence-corrected chi connectivity index (χ3v) is 12.2. The van der Waals surface area contributed by atoms with Crippen LogP contribution in [0.4, 0.5) is 0 Å².